The van der Waals surface area contributed by atoms with E-state index in [1.165, 1.54) is 5.56 Å². The third kappa shape index (κ3) is 4.50. The van der Waals surface area contributed by atoms with Gasteiger partial charge in [-0.05, 0) is 55.5 Å². The second-order valence-electron chi connectivity index (χ2n) is 11.0. The van der Waals surface area contributed by atoms with Crippen LogP contribution in [0.4, 0.5) is 0 Å². The Morgan fingerprint density at radius 3 is 2.63 bits per heavy atom. The van der Waals surface area contributed by atoms with Crippen LogP contribution >= 0.6 is 0 Å². The number of rotatable bonds is 1. The van der Waals surface area contributed by atoms with Crippen molar-refractivity contribution in [2.75, 3.05) is 13.2 Å². The second-order valence-corrected chi connectivity index (χ2v) is 11.0. The van der Waals surface area contributed by atoms with Crippen LogP contribution in [0.25, 0.3) is 0 Å². The van der Waals surface area contributed by atoms with E-state index in [9.17, 15) is 9.59 Å². The lowest BCUT2D eigenvalue weighted by Gasteiger charge is -2.42. The van der Waals surface area contributed by atoms with Gasteiger partial charge >= 0.3 is 0 Å². The summed E-state index contributed by atoms with van der Waals surface area (Å²) in [7, 11) is 0. The van der Waals surface area contributed by atoms with Gasteiger partial charge in [-0.1, -0.05) is 31.9 Å². The summed E-state index contributed by atoms with van der Waals surface area (Å²) in [5.41, 5.74) is 9.70. The SMILES string of the molecule is CC[C@@]12CCCCCc3ccc4c(c3)[C@H](CCO4)NC(=O)c3ccc4c(c3)[C@@H](CCO4)N(C(=O)C1)C(N)=N2. The Balaban J connectivity index is 1.40. The number of ether oxygens (including phenoxy) is 2. The van der Waals surface area contributed by atoms with Crippen molar-refractivity contribution in [1.29, 1.82) is 0 Å². The van der Waals surface area contributed by atoms with Crippen molar-refractivity contribution in [2.24, 2.45) is 10.7 Å². The van der Waals surface area contributed by atoms with Crippen LogP contribution in [0.1, 0.15) is 97.4 Å². The number of amides is 2. The molecule has 0 radical (unpaired) electrons. The van der Waals surface area contributed by atoms with E-state index in [0.717, 1.165) is 55.4 Å². The van der Waals surface area contributed by atoms with E-state index >= 15 is 0 Å². The molecule has 3 N–H and O–H groups in total. The molecule has 0 aliphatic carbocycles. The Hall–Kier alpha value is -3.55. The molecule has 2 aromatic carbocycles. The minimum Gasteiger partial charge on any atom is -0.493 e. The lowest BCUT2D eigenvalue weighted by atomic mass is 9.84. The first-order valence-electron chi connectivity index (χ1n) is 14.0. The van der Waals surface area contributed by atoms with Gasteiger partial charge in [0, 0.05) is 29.5 Å². The molecule has 0 aromatic heterocycles. The van der Waals surface area contributed by atoms with E-state index in [-0.39, 0.29) is 29.9 Å². The molecule has 3 atom stereocenters. The first-order valence-corrected chi connectivity index (χ1v) is 14.0. The molecule has 200 valence electrons. The van der Waals surface area contributed by atoms with Crippen LogP contribution in [0.5, 0.6) is 11.5 Å². The quantitative estimate of drug-likeness (QED) is 0.577. The zero-order chi connectivity index (χ0) is 26.3. The molecule has 5 aliphatic rings. The lowest BCUT2D eigenvalue weighted by Crippen LogP contribution is -2.53. The summed E-state index contributed by atoms with van der Waals surface area (Å²) in [6.45, 7) is 3.13. The zero-order valence-electron chi connectivity index (χ0n) is 22.0. The third-order valence-corrected chi connectivity index (χ3v) is 8.62. The number of hydrogen-bond acceptors (Lipinski definition) is 6. The topological polar surface area (TPSA) is 106 Å². The Morgan fingerprint density at radius 2 is 1.82 bits per heavy atom. The van der Waals surface area contributed by atoms with Gasteiger partial charge in [-0.25, -0.2) is 4.99 Å². The Morgan fingerprint density at radius 1 is 1.03 bits per heavy atom. The van der Waals surface area contributed by atoms with Crippen LogP contribution in [0.3, 0.4) is 0 Å². The number of guanidine groups is 1. The summed E-state index contributed by atoms with van der Waals surface area (Å²) in [6, 6.07) is 11.4. The monoisotopic (exact) mass is 516 g/mol. The molecule has 5 heterocycles. The van der Waals surface area contributed by atoms with E-state index in [4.69, 9.17) is 20.2 Å². The minimum atomic E-state index is -0.452. The summed E-state index contributed by atoms with van der Waals surface area (Å²) in [5.74, 6) is 1.64. The highest BCUT2D eigenvalue weighted by molar-refractivity contribution is 6.00. The zero-order valence-corrected chi connectivity index (χ0v) is 22.0. The maximum atomic E-state index is 13.6. The van der Waals surface area contributed by atoms with Crippen molar-refractivity contribution >= 4 is 17.8 Å². The van der Waals surface area contributed by atoms with Gasteiger partial charge in [0.25, 0.3) is 5.91 Å². The number of carbonyl (C=O) groups excluding carboxylic acids is 2. The molecule has 6 bridgehead atoms. The van der Waals surface area contributed by atoms with Crippen molar-refractivity contribution in [1.82, 2.24) is 10.2 Å². The van der Waals surface area contributed by atoms with Crippen LogP contribution in [0.2, 0.25) is 0 Å². The van der Waals surface area contributed by atoms with Crippen LogP contribution in [0, 0.1) is 0 Å². The number of aryl methyl sites for hydroxylation is 1. The summed E-state index contributed by atoms with van der Waals surface area (Å²) in [6.07, 6.45) is 7.33. The molecule has 2 aromatic rings. The van der Waals surface area contributed by atoms with Crippen LogP contribution < -0.4 is 20.5 Å². The van der Waals surface area contributed by atoms with Gasteiger partial charge in [0.05, 0.1) is 37.3 Å². The molecule has 8 heteroatoms. The molecule has 0 fully saturated rings. The van der Waals surface area contributed by atoms with Crippen molar-refractivity contribution in [2.45, 2.75) is 82.3 Å². The highest BCUT2D eigenvalue weighted by Crippen LogP contribution is 2.41. The summed E-state index contributed by atoms with van der Waals surface area (Å²) < 4.78 is 11.8. The maximum absolute atomic E-state index is 13.6. The number of nitrogens with two attached hydrogens (primary N) is 1. The van der Waals surface area contributed by atoms with Crippen molar-refractivity contribution in [3.8, 4) is 11.5 Å². The molecule has 2 amide bonds. The molecular formula is C30H36N4O4. The predicted octanol–water partition coefficient (Wildman–Crippen LogP) is 4.58. The van der Waals surface area contributed by atoms with Gasteiger partial charge in [0.2, 0.25) is 5.91 Å². The fraction of sp³-hybridized carbons (Fsp3) is 0.500. The van der Waals surface area contributed by atoms with Crippen molar-refractivity contribution in [3.63, 3.8) is 0 Å². The Labute approximate surface area is 223 Å². The molecule has 0 saturated carbocycles. The predicted molar refractivity (Wildman–Crippen MR) is 144 cm³/mol. The van der Waals surface area contributed by atoms with Crippen molar-refractivity contribution < 1.29 is 19.1 Å². The number of hydrogen-bond donors (Lipinski definition) is 2. The van der Waals surface area contributed by atoms with E-state index in [2.05, 4.69) is 24.4 Å². The summed E-state index contributed by atoms with van der Waals surface area (Å²) in [5, 5.41) is 3.24. The summed E-state index contributed by atoms with van der Waals surface area (Å²) >= 11 is 0. The number of carbonyl (C=O) groups is 2. The van der Waals surface area contributed by atoms with Crippen LogP contribution in [0.15, 0.2) is 41.4 Å². The highest BCUT2D eigenvalue weighted by Gasteiger charge is 2.42. The van der Waals surface area contributed by atoms with Gasteiger partial charge < -0.3 is 20.5 Å². The van der Waals surface area contributed by atoms with Gasteiger partial charge in [-0.15, -0.1) is 0 Å². The fourth-order valence-corrected chi connectivity index (χ4v) is 6.43. The van der Waals surface area contributed by atoms with Crippen LogP contribution in [-0.4, -0.2) is 41.4 Å². The molecule has 0 unspecified atom stereocenters. The molecule has 0 saturated heterocycles. The molecular weight excluding hydrogens is 480 g/mol. The molecule has 0 spiro atoms. The number of benzene rings is 2. The largest absolute Gasteiger partial charge is 0.493 e. The van der Waals surface area contributed by atoms with Crippen molar-refractivity contribution in [3.05, 3.63) is 58.7 Å². The number of nitrogens with one attached hydrogen (secondary N) is 1. The second kappa shape index (κ2) is 9.97. The number of nitrogens with zero attached hydrogens (tertiary/aromatic N) is 2. The molecule has 8 nitrogen and oxygen atoms in total. The third-order valence-electron chi connectivity index (χ3n) is 8.62. The Bertz CT molecular complexity index is 1290. The molecule has 38 heavy (non-hydrogen) atoms. The van der Waals surface area contributed by atoms with Gasteiger partial charge in [0.1, 0.15) is 11.5 Å². The van der Waals surface area contributed by atoms with Gasteiger partial charge in [-0.2, -0.15) is 0 Å². The van der Waals surface area contributed by atoms with E-state index in [0.29, 0.717) is 43.8 Å². The van der Waals surface area contributed by atoms with Gasteiger partial charge in [0.15, 0.2) is 5.96 Å². The van der Waals surface area contributed by atoms with Crippen LogP contribution in [-0.2, 0) is 11.2 Å². The molecule has 7 rings (SSSR count). The number of fused-ring (bicyclic) bond motifs is 6. The standard InChI is InChI=1S/C30H36N4O4/c1-2-30-13-5-3-4-6-19-7-9-25-21(16-19)23(11-14-37-25)32-28(36)20-8-10-26-22(17-20)24(12-15-38-26)34(27(35)18-30)29(31)33-30/h7-10,16-17,23-24H,2-6,11-15,18H2,1H3,(H2,31,33)(H,32,36)/t23-,24+,30+/m0/s1. The highest BCUT2D eigenvalue weighted by atomic mass is 16.5. The van der Waals surface area contributed by atoms with Gasteiger partial charge in [-0.3, -0.25) is 14.5 Å². The number of aliphatic imine (C=N–C) groups is 1. The molecule has 5 aliphatic heterocycles. The minimum absolute atomic E-state index is 0.00395. The smallest absolute Gasteiger partial charge is 0.251 e. The van der Waals surface area contributed by atoms with E-state index < -0.39 is 5.54 Å². The lowest BCUT2D eigenvalue weighted by molar-refractivity contribution is -0.132. The maximum Gasteiger partial charge on any atom is 0.251 e. The fourth-order valence-electron chi connectivity index (χ4n) is 6.43. The first-order chi connectivity index (χ1) is 18.5. The van der Waals surface area contributed by atoms with E-state index in [1.54, 1.807) is 11.0 Å². The van der Waals surface area contributed by atoms with E-state index in [1.807, 2.05) is 18.2 Å². The average molecular weight is 517 g/mol. The Kier molecular flexibility index (Phi) is 6.50. The average Bonchev–Trinajstić information content (AvgIpc) is 2.92. The first kappa shape index (κ1) is 24.8. The summed E-state index contributed by atoms with van der Waals surface area (Å²) in [4.78, 5) is 33.7. The normalized spacial score (nSPS) is 27.2.